The van der Waals surface area contributed by atoms with E-state index in [-0.39, 0.29) is 22.9 Å². The van der Waals surface area contributed by atoms with Gasteiger partial charge in [0, 0.05) is 11.8 Å². The van der Waals surface area contributed by atoms with Crippen molar-refractivity contribution in [2.75, 3.05) is 4.90 Å². The summed E-state index contributed by atoms with van der Waals surface area (Å²) in [6.45, 7) is 2.83. The summed E-state index contributed by atoms with van der Waals surface area (Å²) in [5.41, 5.74) is -1.37. The van der Waals surface area contributed by atoms with Crippen LogP contribution in [0.1, 0.15) is 19.4 Å². The lowest BCUT2D eigenvalue weighted by molar-refractivity contribution is -0.385. The molecule has 1 aliphatic rings. The van der Waals surface area contributed by atoms with E-state index < -0.39 is 33.9 Å². The highest BCUT2D eigenvalue weighted by Crippen LogP contribution is 2.35. The van der Waals surface area contributed by atoms with Crippen LogP contribution in [0.15, 0.2) is 36.5 Å². The Morgan fingerprint density at radius 1 is 1.26 bits per heavy atom. The van der Waals surface area contributed by atoms with Crippen LogP contribution in [0.4, 0.5) is 20.6 Å². The predicted octanol–water partition coefficient (Wildman–Crippen LogP) is 3.53. The molecule has 8 nitrogen and oxygen atoms in total. The molecule has 0 bridgehead atoms. The highest BCUT2D eigenvalue weighted by molar-refractivity contribution is 6.30. The minimum atomic E-state index is -1.27. The average molecular weight is 393 g/mol. The van der Waals surface area contributed by atoms with Crippen LogP contribution in [0.2, 0.25) is 5.15 Å². The molecule has 0 N–H and O–H groups in total. The molecule has 2 aromatic rings. The smallest absolute Gasteiger partial charge is 0.305 e. The van der Waals surface area contributed by atoms with Gasteiger partial charge in [-0.15, -0.1) is 0 Å². The number of rotatable bonds is 4. The normalized spacial score (nSPS) is 16.1. The van der Waals surface area contributed by atoms with Crippen molar-refractivity contribution in [3.8, 4) is 0 Å². The van der Waals surface area contributed by atoms with E-state index in [0.717, 1.165) is 17.0 Å². The fourth-order valence-corrected chi connectivity index (χ4v) is 3.04. The van der Waals surface area contributed by atoms with E-state index >= 15 is 0 Å². The number of urea groups is 1. The van der Waals surface area contributed by atoms with Crippen molar-refractivity contribution in [1.29, 1.82) is 0 Å². The van der Waals surface area contributed by atoms with Crippen LogP contribution >= 0.6 is 11.6 Å². The van der Waals surface area contributed by atoms with Crippen molar-refractivity contribution in [2.45, 2.75) is 25.9 Å². The minimum Gasteiger partial charge on any atom is -0.305 e. The molecule has 0 aliphatic carbocycles. The number of nitro groups is 1. The number of imide groups is 1. The molecule has 1 aromatic heterocycles. The standard InChI is InChI=1S/C17H14ClFN4O4/c1-17(2)15(24)22(12-5-6-20-14(18)8-12)16(25)21(17)9-10-3-4-11(19)7-13(10)23(26)27/h3-8H,9H2,1-2H3. The third-order valence-corrected chi connectivity index (χ3v) is 4.57. The summed E-state index contributed by atoms with van der Waals surface area (Å²) in [7, 11) is 0. The number of hydrogen-bond acceptors (Lipinski definition) is 5. The van der Waals surface area contributed by atoms with Gasteiger partial charge in [-0.2, -0.15) is 0 Å². The quantitative estimate of drug-likeness (QED) is 0.343. The van der Waals surface area contributed by atoms with Crippen LogP contribution in [-0.4, -0.2) is 32.3 Å². The van der Waals surface area contributed by atoms with Gasteiger partial charge in [0.2, 0.25) is 0 Å². The van der Waals surface area contributed by atoms with Crippen molar-refractivity contribution in [3.05, 3.63) is 63.2 Å². The first-order chi connectivity index (χ1) is 12.6. The number of benzene rings is 1. The lowest BCUT2D eigenvalue weighted by Crippen LogP contribution is -2.43. The second-order valence-electron chi connectivity index (χ2n) is 6.44. The Labute approximate surface area is 158 Å². The molecule has 1 fully saturated rings. The molecular weight excluding hydrogens is 379 g/mol. The lowest BCUT2D eigenvalue weighted by Gasteiger charge is -2.27. The zero-order chi connectivity index (χ0) is 19.9. The van der Waals surface area contributed by atoms with Crippen molar-refractivity contribution < 1.29 is 18.9 Å². The number of anilines is 1. The van der Waals surface area contributed by atoms with E-state index in [9.17, 15) is 24.1 Å². The van der Waals surface area contributed by atoms with Crippen LogP contribution in [-0.2, 0) is 11.3 Å². The number of hydrogen-bond donors (Lipinski definition) is 0. The molecule has 0 saturated carbocycles. The Balaban J connectivity index is 2.01. The van der Waals surface area contributed by atoms with E-state index in [4.69, 9.17) is 11.6 Å². The van der Waals surface area contributed by atoms with Crippen molar-refractivity contribution in [3.63, 3.8) is 0 Å². The molecule has 3 rings (SSSR count). The molecular formula is C17H14ClFN4O4. The monoisotopic (exact) mass is 392 g/mol. The first kappa shape index (κ1) is 18.7. The maximum atomic E-state index is 13.4. The zero-order valence-electron chi connectivity index (χ0n) is 14.3. The van der Waals surface area contributed by atoms with Gasteiger partial charge in [-0.3, -0.25) is 14.9 Å². The number of carbonyl (C=O) groups is 2. The van der Waals surface area contributed by atoms with E-state index in [1.54, 1.807) is 0 Å². The summed E-state index contributed by atoms with van der Waals surface area (Å²) < 4.78 is 13.4. The van der Waals surface area contributed by atoms with Gasteiger partial charge in [0.05, 0.1) is 23.2 Å². The van der Waals surface area contributed by atoms with Gasteiger partial charge in [0.1, 0.15) is 16.5 Å². The first-order valence-corrected chi connectivity index (χ1v) is 8.21. The molecule has 1 aromatic carbocycles. The topological polar surface area (TPSA) is 96.7 Å². The number of nitro benzene ring substituents is 1. The van der Waals surface area contributed by atoms with Crippen molar-refractivity contribution >= 4 is 34.9 Å². The zero-order valence-corrected chi connectivity index (χ0v) is 15.1. The average Bonchev–Trinajstić information content (AvgIpc) is 2.76. The molecule has 0 unspecified atom stereocenters. The number of amides is 3. The van der Waals surface area contributed by atoms with E-state index in [1.165, 1.54) is 43.1 Å². The Morgan fingerprint density at radius 3 is 2.59 bits per heavy atom. The lowest BCUT2D eigenvalue weighted by atomic mass is 10.0. The summed E-state index contributed by atoms with van der Waals surface area (Å²) in [5.74, 6) is -1.28. The van der Waals surface area contributed by atoms with Gasteiger partial charge < -0.3 is 4.90 Å². The molecule has 0 radical (unpaired) electrons. The largest absolute Gasteiger partial charge is 0.332 e. The number of carbonyl (C=O) groups excluding carboxylic acids is 2. The second-order valence-corrected chi connectivity index (χ2v) is 6.82. The van der Waals surface area contributed by atoms with Crippen LogP contribution in [0.5, 0.6) is 0 Å². The Kier molecular flexibility index (Phi) is 4.56. The summed E-state index contributed by atoms with van der Waals surface area (Å²) in [4.78, 5) is 42.2. The fraction of sp³-hybridized carbons (Fsp3) is 0.235. The van der Waals surface area contributed by atoms with Crippen LogP contribution < -0.4 is 4.90 Å². The minimum absolute atomic E-state index is 0.110. The maximum Gasteiger partial charge on any atom is 0.332 e. The molecule has 0 atom stereocenters. The van der Waals surface area contributed by atoms with Gasteiger partial charge in [0.15, 0.2) is 0 Å². The SMILES string of the molecule is CC1(C)C(=O)N(c2ccnc(Cl)c2)C(=O)N1Cc1ccc(F)cc1[N+](=O)[O-]. The number of nitrogens with zero attached hydrogens (tertiary/aromatic N) is 4. The molecule has 2 heterocycles. The molecule has 140 valence electrons. The molecule has 27 heavy (non-hydrogen) atoms. The third-order valence-electron chi connectivity index (χ3n) is 4.36. The fourth-order valence-electron chi connectivity index (χ4n) is 2.87. The highest BCUT2D eigenvalue weighted by Gasteiger charge is 2.52. The maximum absolute atomic E-state index is 13.4. The number of pyridine rings is 1. The van der Waals surface area contributed by atoms with Gasteiger partial charge in [-0.1, -0.05) is 11.6 Å². The van der Waals surface area contributed by atoms with Gasteiger partial charge in [0.25, 0.3) is 11.6 Å². The molecule has 3 amide bonds. The van der Waals surface area contributed by atoms with Crippen LogP contribution in [0.25, 0.3) is 0 Å². The van der Waals surface area contributed by atoms with Gasteiger partial charge in [-0.05, 0) is 38.1 Å². The summed E-state index contributed by atoms with van der Waals surface area (Å²) in [6.07, 6.45) is 1.36. The summed E-state index contributed by atoms with van der Waals surface area (Å²) >= 11 is 5.84. The third kappa shape index (κ3) is 3.21. The Morgan fingerprint density at radius 2 is 1.96 bits per heavy atom. The number of halogens is 2. The van der Waals surface area contributed by atoms with Crippen molar-refractivity contribution in [1.82, 2.24) is 9.88 Å². The predicted molar refractivity (Wildman–Crippen MR) is 94.8 cm³/mol. The molecule has 1 saturated heterocycles. The van der Waals surface area contributed by atoms with Crippen molar-refractivity contribution in [2.24, 2.45) is 0 Å². The molecule has 1 aliphatic heterocycles. The Bertz CT molecular complexity index is 966. The molecule has 10 heteroatoms. The Hall–Kier alpha value is -3.07. The summed E-state index contributed by atoms with van der Waals surface area (Å²) in [5, 5.41) is 11.3. The van der Waals surface area contributed by atoms with Crippen LogP contribution in [0.3, 0.4) is 0 Å². The van der Waals surface area contributed by atoms with Gasteiger partial charge in [-0.25, -0.2) is 19.1 Å². The van der Waals surface area contributed by atoms with Gasteiger partial charge >= 0.3 is 6.03 Å². The summed E-state index contributed by atoms with van der Waals surface area (Å²) in [6, 6.07) is 5.25. The van der Waals surface area contributed by atoms with E-state index in [2.05, 4.69) is 4.98 Å². The number of aromatic nitrogens is 1. The second kappa shape index (κ2) is 6.58. The highest BCUT2D eigenvalue weighted by atomic mass is 35.5. The van der Waals surface area contributed by atoms with Crippen LogP contribution in [0, 0.1) is 15.9 Å². The molecule has 0 spiro atoms. The van der Waals surface area contributed by atoms with E-state index in [0.29, 0.717) is 0 Å². The van der Waals surface area contributed by atoms with E-state index in [1.807, 2.05) is 0 Å². The first-order valence-electron chi connectivity index (χ1n) is 7.83.